The lowest BCUT2D eigenvalue weighted by molar-refractivity contribution is -0.118. The Morgan fingerprint density at radius 1 is 1.24 bits per heavy atom. The first kappa shape index (κ1) is 11.7. The molecule has 1 aromatic rings. The van der Waals surface area contributed by atoms with Crippen LogP contribution >= 0.6 is 0 Å². The summed E-state index contributed by atoms with van der Waals surface area (Å²) >= 11 is 0. The lowest BCUT2D eigenvalue weighted by atomic mass is 10.0. The van der Waals surface area contributed by atoms with Crippen molar-refractivity contribution in [1.29, 1.82) is 0 Å². The van der Waals surface area contributed by atoms with E-state index in [0.717, 1.165) is 24.9 Å². The van der Waals surface area contributed by atoms with E-state index in [1.54, 1.807) is 12.1 Å². The fraction of sp³-hybridized carbons (Fsp3) is 0.357. The van der Waals surface area contributed by atoms with E-state index < -0.39 is 0 Å². The molecule has 0 spiro atoms. The summed E-state index contributed by atoms with van der Waals surface area (Å²) in [4.78, 5) is 12.0. The van der Waals surface area contributed by atoms with E-state index in [9.17, 15) is 4.79 Å². The molecule has 90 valence electrons. The molecule has 0 bridgehead atoms. The van der Waals surface area contributed by atoms with Crippen LogP contribution in [0.15, 0.2) is 36.4 Å². The Balaban J connectivity index is 1.98. The maximum atomic E-state index is 12.0. The highest BCUT2D eigenvalue weighted by Gasteiger charge is 2.16. The molecule has 0 aromatic heterocycles. The molecular weight excluding hydrogens is 212 g/mol. The summed E-state index contributed by atoms with van der Waals surface area (Å²) in [6.45, 7) is 0. The fourth-order valence-electron chi connectivity index (χ4n) is 2.00. The average molecular weight is 230 g/mol. The van der Waals surface area contributed by atoms with Crippen LogP contribution in [0.2, 0.25) is 0 Å². The second kappa shape index (κ2) is 5.53. The third-order valence-corrected chi connectivity index (χ3v) is 3.02. The third kappa shape index (κ3) is 3.34. The van der Waals surface area contributed by atoms with E-state index in [4.69, 9.17) is 5.73 Å². The van der Waals surface area contributed by atoms with Gasteiger partial charge in [0, 0.05) is 11.4 Å². The monoisotopic (exact) mass is 230 g/mol. The van der Waals surface area contributed by atoms with Gasteiger partial charge >= 0.3 is 0 Å². The molecule has 1 atom stereocenters. The van der Waals surface area contributed by atoms with E-state index in [-0.39, 0.29) is 11.8 Å². The quantitative estimate of drug-likeness (QED) is 0.606. The largest absolute Gasteiger partial charge is 0.399 e. The molecule has 0 radical (unpaired) electrons. The number of nitrogens with two attached hydrogens (primary N) is 1. The van der Waals surface area contributed by atoms with Crippen LogP contribution in [0.5, 0.6) is 0 Å². The molecule has 2 rings (SSSR count). The number of hydrogen-bond donors (Lipinski definition) is 2. The van der Waals surface area contributed by atoms with Crippen LogP contribution < -0.4 is 11.1 Å². The van der Waals surface area contributed by atoms with Crippen LogP contribution in [0.1, 0.15) is 25.7 Å². The normalized spacial score (nSPS) is 19.6. The highest BCUT2D eigenvalue weighted by Crippen LogP contribution is 2.19. The number of hydrogen-bond acceptors (Lipinski definition) is 2. The summed E-state index contributed by atoms with van der Waals surface area (Å²) in [6, 6.07) is 7.23. The number of nitrogen functional groups attached to an aromatic ring is 1. The van der Waals surface area contributed by atoms with Gasteiger partial charge in [0.2, 0.25) is 5.91 Å². The topological polar surface area (TPSA) is 55.1 Å². The van der Waals surface area contributed by atoms with Gasteiger partial charge < -0.3 is 11.1 Å². The number of allylic oxidation sites excluding steroid dienone is 1. The van der Waals surface area contributed by atoms with Crippen LogP contribution in [0.3, 0.4) is 0 Å². The molecule has 17 heavy (non-hydrogen) atoms. The van der Waals surface area contributed by atoms with E-state index in [1.807, 2.05) is 18.2 Å². The highest BCUT2D eigenvalue weighted by atomic mass is 16.1. The molecule has 1 amide bonds. The lowest BCUT2D eigenvalue weighted by Crippen LogP contribution is -2.20. The van der Waals surface area contributed by atoms with Crippen molar-refractivity contribution in [3.8, 4) is 0 Å². The summed E-state index contributed by atoms with van der Waals surface area (Å²) in [5.41, 5.74) is 7.11. The molecule has 1 aliphatic rings. The van der Waals surface area contributed by atoms with Crippen molar-refractivity contribution in [2.45, 2.75) is 25.7 Å². The molecular formula is C14H18N2O. The summed E-state index contributed by atoms with van der Waals surface area (Å²) in [7, 11) is 0. The van der Waals surface area contributed by atoms with Crippen LogP contribution in [0.4, 0.5) is 11.4 Å². The van der Waals surface area contributed by atoms with Gasteiger partial charge in [-0.3, -0.25) is 4.79 Å². The van der Waals surface area contributed by atoms with Gasteiger partial charge in [-0.05, 0) is 43.5 Å². The Morgan fingerprint density at radius 2 is 2.00 bits per heavy atom. The van der Waals surface area contributed by atoms with Gasteiger partial charge in [0.1, 0.15) is 0 Å². The standard InChI is InChI=1S/C14H18N2O/c15-12-7-9-13(10-8-12)16-14(17)11-5-3-1-2-4-6-11/h3,5,7-11H,1-2,4,6,15H2,(H,16,17). The van der Waals surface area contributed by atoms with Crippen molar-refractivity contribution in [3.05, 3.63) is 36.4 Å². The number of amides is 1. The van der Waals surface area contributed by atoms with Gasteiger partial charge in [-0.1, -0.05) is 18.6 Å². The van der Waals surface area contributed by atoms with Crippen LogP contribution in [-0.2, 0) is 4.79 Å². The van der Waals surface area contributed by atoms with Crippen molar-refractivity contribution in [2.75, 3.05) is 11.1 Å². The number of nitrogens with one attached hydrogen (secondary N) is 1. The number of anilines is 2. The predicted octanol–water partition coefficient (Wildman–Crippen LogP) is 2.95. The van der Waals surface area contributed by atoms with Crippen molar-refractivity contribution in [3.63, 3.8) is 0 Å². The number of carbonyl (C=O) groups excluding carboxylic acids is 1. The molecule has 3 N–H and O–H groups in total. The molecule has 0 aliphatic heterocycles. The summed E-state index contributed by atoms with van der Waals surface area (Å²) < 4.78 is 0. The molecule has 1 aromatic carbocycles. The van der Waals surface area contributed by atoms with Gasteiger partial charge in [0.25, 0.3) is 0 Å². The summed E-state index contributed by atoms with van der Waals surface area (Å²) in [6.07, 6.45) is 8.47. The minimum atomic E-state index is 0.00931. The van der Waals surface area contributed by atoms with Crippen molar-refractivity contribution in [1.82, 2.24) is 0 Å². The van der Waals surface area contributed by atoms with Crippen LogP contribution in [0, 0.1) is 5.92 Å². The Hall–Kier alpha value is -1.77. The lowest BCUT2D eigenvalue weighted by Gasteiger charge is -2.11. The molecule has 0 fully saturated rings. The molecule has 0 saturated heterocycles. The second-order valence-electron chi connectivity index (χ2n) is 4.43. The Labute approximate surface area is 102 Å². The van der Waals surface area contributed by atoms with Gasteiger partial charge in [-0.15, -0.1) is 0 Å². The highest BCUT2D eigenvalue weighted by molar-refractivity contribution is 5.93. The van der Waals surface area contributed by atoms with Gasteiger partial charge in [-0.25, -0.2) is 0 Å². The number of rotatable bonds is 2. The smallest absolute Gasteiger partial charge is 0.231 e. The number of carbonyl (C=O) groups is 1. The maximum absolute atomic E-state index is 12.0. The minimum absolute atomic E-state index is 0.00931. The average Bonchev–Trinajstić information content (AvgIpc) is 2.61. The molecule has 1 unspecified atom stereocenters. The molecule has 0 heterocycles. The van der Waals surface area contributed by atoms with E-state index >= 15 is 0 Å². The minimum Gasteiger partial charge on any atom is -0.399 e. The zero-order valence-electron chi connectivity index (χ0n) is 9.86. The molecule has 3 nitrogen and oxygen atoms in total. The first-order valence-corrected chi connectivity index (χ1v) is 6.09. The van der Waals surface area contributed by atoms with Gasteiger partial charge in [0.15, 0.2) is 0 Å². The summed E-state index contributed by atoms with van der Waals surface area (Å²) in [5.74, 6) is 0.0861. The van der Waals surface area contributed by atoms with E-state index in [2.05, 4.69) is 11.4 Å². The van der Waals surface area contributed by atoms with Crippen molar-refractivity contribution < 1.29 is 4.79 Å². The second-order valence-corrected chi connectivity index (χ2v) is 4.43. The van der Waals surface area contributed by atoms with E-state index in [1.165, 1.54) is 6.42 Å². The predicted molar refractivity (Wildman–Crippen MR) is 70.6 cm³/mol. The number of benzene rings is 1. The molecule has 0 saturated carbocycles. The maximum Gasteiger partial charge on any atom is 0.231 e. The molecule has 3 heteroatoms. The molecule has 1 aliphatic carbocycles. The first-order chi connectivity index (χ1) is 8.25. The summed E-state index contributed by atoms with van der Waals surface area (Å²) in [5, 5.41) is 2.92. The SMILES string of the molecule is Nc1ccc(NC(=O)C2C=CCCCC2)cc1. The third-order valence-electron chi connectivity index (χ3n) is 3.02. The van der Waals surface area contributed by atoms with Gasteiger partial charge in [0.05, 0.1) is 5.92 Å². The van der Waals surface area contributed by atoms with Crippen molar-refractivity contribution >= 4 is 17.3 Å². The Morgan fingerprint density at radius 3 is 2.76 bits per heavy atom. The van der Waals surface area contributed by atoms with Crippen LogP contribution in [0.25, 0.3) is 0 Å². The fourth-order valence-corrected chi connectivity index (χ4v) is 2.00. The first-order valence-electron chi connectivity index (χ1n) is 6.09. The Kier molecular flexibility index (Phi) is 3.81. The van der Waals surface area contributed by atoms with E-state index in [0.29, 0.717) is 5.69 Å². The van der Waals surface area contributed by atoms with Gasteiger partial charge in [-0.2, -0.15) is 0 Å². The Bertz CT molecular complexity index is 409. The zero-order chi connectivity index (χ0) is 12.1. The zero-order valence-corrected chi connectivity index (χ0v) is 9.86. The van der Waals surface area contributed by atoms with Crippen LogP contribution in [-0.4, -0.2) is 5.91 Å². The van der Waals surface area contributed by atoms with Crippen molar-refractivity contribution in [2.24, 2.45) is 5.92 Å².